The molecule has 6 nitrogen and oxygen atoms in total. The number of nitrogens with one attached hydrogen (secondary N) is 1. The summed E-state index contributed by atoms with van der Waals surface area (Å²) in [6.45, 7) is 7.66. The van der Waals surface area contributed by atoms with E-state index >= 15 is 0 Å². The van der Waals surface area contributed by atoms with Gasteiger partial charge in [-0.25, -0.2) is 4.98 Å². The second kappa shape index (κ2) is 7.33. The Labute approximate surface area is 160 Å². The van der Waals surface area contributed by atoms with Crippen molar-refractivity contribution >= 4 is 5.91 Å². The number of H-pyrrole nitrogens is 1. The lowest BCUT2D eigenvalue weighted by Crippen LogP contribution is -2.41. The summed E-state index contributed by atoms with van der Waals surface area (Å²) in [5, 5.41) is 7.50. The number of aryl methyl sites for hydroxylation is 3. The van der Waals surface area contributed by atoms with E-state index in [2.05, 4.69) is 34.2 Å². The number of benzene rings is 1. The molecule has 0 radical (unpaired) electrons. The van der Waals surface area contributed by atoms with Crippen molar-refractivity contribution in [1.29, 1.82) is 0 Å². The van der Waals surface area contributed by atoms with Gasteiger partial charge in [-0.15, -0.1) is 0 Å². The molecule has 0 spiro atoms. The minimum Gasteiger partial charge on any atom is -0.483 e. The number of amides is 1. The number of ether oxygens (including phenoxy) is 1. The van der Waals surface area contributed by atoms with Crippen LogP contribution in [0.15, 0.2) is 12.1 Å². The molecule has 0 bridgehead atoms. The third kappa shape index (κ3) is 3.99. The topological polar surface area (TPSA) is 71.1 Å². The number of piperidine rings is 1. The van der Waals surface area contributed by atoms with E-state index in [4.69, 9.17) is 4.74 Å². The van der Waals surface area contributed by atoms with Gasteiger partial charge in [0.2, 0.25) is 0 Å². The molecule has 1 aromatic heterocycles. The largest absolute Gasteiger partial charge is 0.483 e. The summed E-state index contributed by atoms with van der Waals surface area (Å²) in [6, 6.07) is 4.18. The van der Waals surface area contributed by atoms with Crippen molar-refractivity contribution in [3.63, 3.8) is 0 Å². The number of hydrogen-bond acceptors (Lipinski definition) is 4. The third-order valence-corrected chi connectivity index (χ3v) is 5.57. The molecule has 1 aliphatic carbocycles. The molecule has 27 heavy (non-hydrogen) atoms. The van der Waals surface area contributed by atoms with Crippen LogP contribution in [-0.4, -0.2) is 45.7 Å². The van der Waals surface area contributed by atoms with Gasteiger partial charge in [0.1, 0.15) is 11.6 Å². The Bertz CT molecular complexity index is 817. The lowest BCUT2D eigenvalue weighted by atomic mass is 9.97. The number of nitrogens with zero attached hydrogens (tertiary/aromatic N) is 3. The summed E-state index contributed by atoms with van der Waals surface area (Å²) in [5.41, 5.74) is 3.36. The van der Waals surface area contributed by atoms with E-state index in [0.29, 0.717) is 12.5 Å². The monoisotopic (exact) mass is 368 g/mol. The van der Waals surface area contributed by atoms with Crippen molar-refractivity contribution in [3.05, 3.63) is 40.5 Å². The predicted molar refractivity (Wildman–Crippen MR) is 103 cm³/mol. The minimum atomic E-state index is 0.0389. The van der Waals surface area contributed by atoms with Gasteiger partial charge in [-0.3, -0.25) is 9.89 Å². The summed E-state index contributed by atoms with van der Waals surface area (Å²) in [5.74, 6) is 3.53. The molecule has 1 aliphatic heterocycles. The van der Waals surface area contributed by atoms with Gasteiger partial charge in [0.15, 0.2) is 12.4 Å². The van der Waals surface area contributed by atoms with E-state index in [9.17, 15) is 4.79 Å². The lowest BCUT2D eigenvalue weighted by molar-refractivity contribution is -0.134. The summed E-state index contributed by atoms with van der Waals surface area (Å²) in [7, 11) is 0. The highest BCUT2D eigenvalue weighted by Gasteiger charge is 2.31. The highest BCUT2D eigenvalue weighted by molar-refractivity contribution is 5.78. The maximum Gasteiger partial charge on any atom is 0.260 e. The van der Waals surface area contributed by atoms with Crippen molar-refractivity contribution < 1.29 is 9.53 Å². The first-order chi connectivity index (χ1) is 13.0. The molecule has 2 aliphatic rings. The average Bonchev–Trinajstić information content (AvgIpc) is 3.37. The molecule has 1 saturated heterocycles. The third-order valence-electron chi connectivity index (χ3n) is 5.57. The number of hydrogen-bond donors (Lipinski definition) is 1. The molecule has 1 unspecified atom stereocenters. The molecule has 2 heterocycles. The number of aromatic amines is 1. The van der Waals surface area contributed by atoms with Crippen LogP contribution in [0.25, 0.3) is 0 Å². The predicted octanol–water partition coefficient (Wildman–Crippen LogP) is 3.39. The number of carbonyl (C=O) groups excluding carboxylic acids is 1. The maximum atomic E-state index is 12.7. The van der Waals surface area contributed by atoms with Gasteiger partial charge >= 0.3 is 0 Å². The molecule has 2 aromatic rings. The summed E-state index contributed by atoms with van der Waals surface area (Å²) < 4.78 is 5.89. The van der Waals surface area contributed by atoms with Crippen LogP contribution in [0.5, 0.6) is 5.75 Å². The zero-order valence-corrected chi connectivity index (χ0v) is 16.4. The maximum absolute atomic E-state index is 12.7. The fraction of sp³-hybridized carbons (Fsp3) is 0.571. The Kier molecular flexibility index (Phi) is 4.89. The van der Waals surface area contributed by atoms with Crippen molar-refractivity contribution in [2.24, 2.45) is 0 Å². The zero-order chi connectivity index (χ0) is 19.0. The molecule has 1 saturated carbocycles. The Balaban J connectivity index is 1.37. The Morgan fingerprint density at radius 1 is 1.19 bits per heavy atom. The second-order valence-corrected chi connectivity index (χ2v) is 8.05. The lowest BCUT2D eigenvalue weighted by Gasteiger charge is -2.31. The molecule has 6 heteroatoms. The van der Waals surface area contributed by atoms with E-state index in [1.54, 1.807) is 0 Å². The second-order valence-electron chi connectivity index (χ2n) is 8.05. The Morgan fingerprint density at radius 3 is 2.63 bits per heavy atom. The standard InChI is InChI=1S/C21H28N4O2/c1-13-9-14(2)19(15(3)10-13)27-12-18(26)25-8-4-5-17(11-25)21-22-20(23-24-21)16-6-7-16/h9-10,16-17H,4-8,11-12H2,1-3H3,(H,22,23,24). The van der Waals surface area contributed by atoms with Crippen LogP contribution < -0.4 is 4.74 Å². The van der Waals surface area contributed by atoms with E-state index in [0.717, 1.165) is 47.9 Å². The molecular weight excluding hydrogens is 340 g/mol. The molecule has 144 valence electrons. The fourth-order valence-electron chi connectivity index (χ4n) is 4.04. The Morgan fingerprint density at radius 2 is 1.93 bits per heavy atom. The van der Waals surface area contributed by atoms with Crippen LogP contribution >= 0.6 is 0 Å². The number of likely N-dealkylation sites (tertiary alicyclic amines) is 1. The van der Waals surface area contributed by atoms with Crippen LogP contribution in [0.4, 0.5) is 0 Å². The quantitative estimate of drug-likeness (QED) is 0.878. The summed E-state index contributed by atoms with van der Waals surface area (Å²) in [4.78, 5) is 19.3. The number of carbonyl (C=O) groups is 1. The normalized spacial score (nSPS) is 20.0. The van der Waals surface area contributed by atoms with Crippen LogP contribution in [0.3, 0.4) is 0 Å². The minimum absolute atomic E-state index is 0.0389. The summed E-state index contributed by atoms with van der Waals surface area (Å²) >= 11 is 0. The summed E-state index contributed by atoms with van der Waals surface area (Å²) in [6.07, 6.45) is 4.42. The van der Waals surface area contributed by atoms with E-state index in [1.165, 1.54) is 18.4 Å². The van der Waals surface area contributed by atoms with Gasteiger partial charge in [0.25, 0.3) is 5.91 Å². The first-order valence-electron chi connectivity index (χ1n) is 9.92. The molecule has 1 amide bonds. The average molecular weight is 368 g/mol. The first kappa shape index (κ1) is 18.0. The molecular formula is C21H28N4O2. The van der Waals surface area contributed by atoms with Gasteiger partial charge in [-0.1, -0.05) is 17.7 Å². The smallest absolute Gasteiger partial charge is 0.260 e. The van der Waals surface area contributed by atoms with Crippen molar-refractivity contribution in [3.8, 4) is 5.75 Å². The Hall–Kier alpha value is -2.37. The van der Waals surface area contributed by atoms with Gasteiger partial charge < -0.3 is 9.64 Å². The van der Waals surface area contributed by atoms with Crippen LogP contribution in [-0.2, 0) is 4.79 Å². The van der Waals surface area contributed by atoms with Gasteiger partial charge in [0.05, 0.1) is 0 Å². The van der Waals surface area contributed by atoms with Gasteiger partial charge in [-0.2, -0.15) is 5.10 Å². The van der Waals surface area contributed by atoms with Crippen molar-refractivity contribution in [2.75, 3.05) is 19.7 Å². The van der Waals surface area contributed by atoms with Crippen molar-refractivity contribution in [1.82, 2.24) is 20.1 Å². The molecule has 2 fully saturated rings. The van der Waals surface area contributed by atoms with Crippen molar-refractivity contribution in [2.45, 2.75) is 58.3 Å². The molecule has 1 atom stereocenters. The van der Waals surface area contributed by atoms with Gasteiger partial charge in [0, 0.05) is 24.9 Å². The highest BCUT2D eigenvalue weighted by Crippen LogP contribution is 2.38. The number of aromatic nitrogens is 3. The highest BCUT2D eigenvalue weighted by atomic mass is 16.5. The zero-order valence-electron chi connectivity index (χ0n) is 16.4. The van der Waals surface area contributed by atoms with Crippen LogP contribution in [0.1, 0.15) is 65.9 Å². The number of rotatable bonds is 5. The molecule has 1 aromatic carbocycles. The molecule has 4 rings (SSSR count). The molecule has 1 N–H and O–H groups in total. The first-order valence-corrected chi connectivity index (χ1v) is 9.92. The van der Waals surface area contributed by atoms with Gasteiger partial charge in [-0.05, 0) is 57.6 Å². The van der Waals surface area contributed by atoms with E-state index < -0.39 is 0 Å². The van der Waals surface area contributed by atoms with Crippen LogP contribution in [0.2, 0.25) is 0 Å². The fourth-order valence-corrected chi connectivity index (χ4v) is 4.04. The SMILES string of the molecule is Cc1cc(C)c(OCC(=O)N2CCCC(c3n[nH]c(C4CC4)n3)C2)c(C)c1. The van der Waals surface area contributed by atoms with E-state index in [1.807, 2.05) is 18.7 Å². The van der Waals surface area contributed by atoms with Crippen LogP contribution in [0, 0.1) is 20.8 Å². The van der Waals surface area contributed by atoms with E-state index in [-0.39, 0.29) is 18.4 Å².